The third-order valence-electron chi connectivity index (χ3n) is 6.52. The van der Waals surface area contributed by atoms with E-state index in [1.54, 1.807) is 0 Å². The highest BCUT2D eigenvalue weighted by atomic mass is 32.2. The number of rotatable bonds is 12. The fourth-order valence-electron chi connectivity index (χ4n) is 4.68. The Balaban J connectivity index is 2.01. The van der Waals surface area contributed by atoms with Gasteiger partial charge in [0.05, 0.1) is 25.7 Å². The summed E-state index contributed by atoms with van der Waals surface area (Å²) in [6, 6.07) is 7.99. The van der Waals surface area contributed by atoms with E-state index >= 15 is 0 Å². The van der Waals surface area contributed by atoms with Gasteiger partial charge >= 0.3 is 0 Å². The molecule has 3 N–H and O–H groups in total. The Hall–Kier alpha value is -3.25. The van der Waals surface area contributed by atoms with Gasteiger partial charge in [-0.1, -0.05) is 0 Å². The van der Waals surface area contributed by atoms with Gasteiger partial charge in [-0.3, -0.25) is 9.59 Å². The normalized spacial score (nSPS) is 18.4. The first-order chi connectivity index (χ1) is 19.4. The van der Waals surface area contributed by atoms with Crippen LogP contribution in [-0.2, 0) is 39.5 Å². The zero-order chi connectivity index (χ0) is 31.5. The molecular weight excluding hydrogens is 612 g/mol. The second-order valence-electron chi connectivity index (χ2n) is 9.91. The van der Waals surface area contributed by atoms with Crippen molar-refractivity contribution in [1.82, 2.24) is 9.03 Å². The van der Waals surface area contributed by atoms with Gasteiger partial charge in [-0.2, -0.15) is 4.31 Å². The van der Waals surface area contributed by atoms with Crippen LogP contribution in [0.15, 0.2) is 46.2 Å². The Labute approximate surface area is 245 Å². The Morgan fingerprint density at radius 3 is 1.86 bits per heavy atom. The Kier molecular flexibility index (Phi) is 9.93. The Morgan fingerprint density at radius 2 is 1.40 bits per heavy atom. The molecule has 1 aliphatic heterocycles. The number of ether oxygens (including phenoxy) is 2. The second-order valence-corrected chi connectivity index (χ2v) is 15.7. The third-order valence-corrected chi connectivity index (χ3v) is 12.0. The monoisotopic (exact) mass is 646 g/mol. The molecule has 2 aromatic rings. The molecule has 1 aliphatic rings. The molecule has 0 aromatic heterocycles. The Morgan fingerprint density at radius 1 is 0.905 bits per heavy atom. The second kappa shape index (κ2) is 12.5. The quantitative estimate of drug-likeness (QED) is 0.301. The van der Waals surface area contributed by atoms with E-state index in [1.165, 1.54) is 71.4 Å². The molecule has 1 heterocycles. The SMILES string of the molecule is COc1ccc(NC(C)=O)cc1S(=O)(=O)NCCN([C@]1(C)CCS(=O)(=O)C1)S(=O)(=O)c1cc(NC(C)=O)ccc1OC. The lowest BCUT2D eigenvalue weighted by molar-refractivity contribution is -0.115. The van der Waals surface area contributed by atoms with Crippen molar-refractivity contribution < 1.29 is 44.3 Å². The lowest BCUT2D eigenvalue weighted by Gasteiger charge is -2.36. The summed E-state index contributed by atoms with van der Waals surface area (Å²) in [6.45, 7) is 3.10. The van der Waals surface area contributed by atoms with Crippen LogP contribution in [0.1, 0.15) is 27.2 Å². The van der Waals surface area contributed by atoms with Crippen molar-refractivity contribution >= 4 is 53.1 Å². The summed E-state index contributed by atoms with van der Waals surface area (Å²) in [5.41, 5.74) is -1.05. The minimum Gasteiger partial charge on any atom is -0.495 e. The lowest BCUT2D eigenvalue weighted by Crippen LogP contribution is -2.53. The first kappa shape index (κ1) is 33.3. The van der Waals surface area contributed by atoms with Crippen LogP contribution in [-0.4, -0.2) is 85.7 Å². The van der Waals surface area contributed by atoms with Gasteiger partial charge in [0.25, 0.3) is 0 Å². The molecule has 1 fully saturated rings. The van der Waals surface area contributed by atoms with Crippen molar-refractivity contribution in [3.8, 4) is 11.5 Å². The van der Waals surface area contributed by atoms with Crippen molar-refractivity contribution in [2.75, 3.05) is 49.4 Å². The van der Waals surface area contributed by atoms with E-state index in [2.05, 4.69) is 15.4 Å². The van der Waals surface area contributed by atoms with E-state index < -0.39 is 66.1 Å². The van der Waals surface area contributed by atoms with Gasteiger partial charge in [0.2, 0.25) is 31.9 Å². The number of carbonyl (C=O) groups excluding carboxylic acids is 2. The molecule has 232 valence electrons. The first-order valence-corrected chi connectivity index (χ1v) is 17.3. The van der Waals surface area contributed by atoms with Crippen molar-refractivity contribution in [2.24, 2.45) is 0 Å². The van der Waals surface area contributed by atoms with Gasteiger partial charge in [-0.25, -0.2) is 30.0 Å². The number of carbonyl (C=O) groups is 2. The minimum atomic E-state index is -4.52. The molecular formula is C25H34N4O10S3. The van der Waals surface area contributed by atoms with Crippen molar-refractivity contribution in [2.45, 2.75) is 42.5 Å². The summed E-state index contributed by atoms with van der Waals surface area (Å²) < 4.78 is 93.5. The van der Waals surface area contributed by atoms with Crippen LogP contribution >= 0.6 is 0 Å². The van der Waals surface area contributed by atoms with Gasteiger partial charge in [0.15, 0.2) is 9.84 Å². The number of anilines is 2. The van der Waals surface area contributed by atoms with Crippen molar-refractivity contribution in [3.63, 3.8) is 0 Å². The summed E-state index contributed by atoms with van der Waals surface area (Å²) >= 11 is 0. The van der Waals surface area contributed by atoms with Crippen LogP contribution in [0.2, 0.25) is 0 Å². The van der Waals surface area contributed by atoms with Gasteiger partial charge in [0, 0.05) is 43.9 Å². The molecule has 17 heteroatoms. The zero-order valence-corrected chi connectivity index (χ0v) is 26.2. The van der Waals surface area contributed by atoms with Crippen molar-refractivity contribution in [1.29, 1.82) is 0 Å². The molecule has 0 saturated carbocycles. The number of hydrogen-bond acceptors (Lipinski definition) is 10. The molecule has 3 rings (SSSR count). The molecule has 0 radical (unpaired) electrons. The predicted molar refractivity (Wildman–Crippen MR) is 155 cm³/mol. The van der Waals surface area contributed by atoms with E-state index in [0.29, 0.717) is 0 Å². The topological polar surface area (TPSA) is 194 Å². The maximum Gasteiger partial charge on any atom is 0.247 e. The molecule has 2 aromatic carbocycles. The van der Waals surface area contributed by atoms with Crippen molar-refractivity contribution in [3.05, 3.63) is 36.4 Å². The number of benzene rings is 2. The number of nitrogens with zero attached hydrogens (tertiary/aromatic N) is 1. The minimum absolute atomic E-state index is 0.0190. The Bertz CT molecular complexity index is 1690. The summed E-state index contributed by atoms with van der Waals surface area (Å²) in [5, 5.41) is 4.99. The highest BCUT2D eigenvalue weighted by molar-refractivity contribution is 7.92. The van der Waals surface area contributed by atoms with Gasteiger partial charge in [0.1, 0.15) is 21.3 Å². The summed E-state index contributed by atoms with van der Waals surface area (Å²) in [4.78, 5) is 22.4. The third kappa shape index (κ3) is 7.57. The number of sulfonamides is 2. The standard InChI is InChI=1S/C25H34N4O10S3/c1-17(30)27-19-6-8-21(38-4)23(14-19)41(34,35)26-11-12-29(25(3)10-13-40(32,33)16-25)42(36,37)24-15-20(28-18(2)31)7-9-22(24)39-5/h6-9,14-15,26H,10-13,16H2,1-5H3,(H,27,30)(H,28,31)/t25-/m1/s1. The first-order valence-electron chi connectivity index (χ1n) is 12.6. The number of nitrogens with one attached hydrogen (secondary N) is 3. The molecule has 14 nitrogen and oxygen atoms in total. The maximum atomic E-state index is 14.1. The molecule has 2 amide bonds. The average molecular weight is 647 g/mol. The fourth-order valence-corrected chi connectivity index (χ4v) is 10.1. The molecule has 0 unspecified atom stereocenters. The zero-order valence-electron chi connectivity index (χ0n) is 23.8. The summed E-state index contributed by atoms with van der Waals surface area (Å²) in [5.74, 6) is -1.67. The molecule has 0 bridgehead atoms. The van der Waals surface area contributed by atoms with Crippen LogP contribution in [0.5, 0.6) is 11.5 Å². The van der Waals surface area contributed by atoms with E-state index in [4.69, 9.17) is 9.47 Å². The highest BCUT2D eigenvalue weighted by Crippen LogP contribution is 2.37. The molecule has 42 heavy (non-hydrogen) atoms. The summed E-state index contributed by atoms with van der Waals surface area (Å²) in [7, 11) is -9.89. The van der Waals surface area contributed by atoms with E-state index in [-0.39, 0.29) is 44.8 Å². The van der Waals surface area contributed by atoms with Crippen LogP contribution in [0.25, 0.3) is 0 Å². The van der Waals surface area contributed by atoms with E-state index in [9.17, 15) is 34.8 Å². The van der Waals surface area contributed by atoms with E-state index in [1.807, 2.05) is 0 Å². The number of methoxy groups -OCH3 is 2. The smallest absolute Gasteiger partial charge is 0.247 e. The fraction of sp³-hybridized carbons (Fsp3) is 0.440. The van der Waals surface area contributed by atoms with Gasteiger partial charge < -0.3 is 20.1 Å². The predicted octanol–water partition coefficient (Wildman–Crippen LogP) is 1.17. The van der Waals surface area contributed by atoms with Crippen LogP contribution in [0, 0.1) is 0 Å². The van der Waals surface area contributed by atoms with Gasteiger partial charge in [-0.05, 0) is 49.7 Å². The highest BCUT2D eigenvalue weighted by Gasteiger charge is 2.48. The maximum absolute atomic E-state index is 14.1. The molecule has 0 aliphatic carbocycles. The van der Waals surface area contributed by atoms with Crippen LogP contribution in [0.4, 0.5) is 11.4 Å². The molecule has 1 atom stereocenters. The van der Waals surface area contributed by atoms with Crippen LogP contribution in [0.3, 0.4) is 0 Å². The number of hydrogen-bond donors (Lipinski definition) is 3. The van der Waals surface area contributed by atoms with Gasteiger partial charge in [-0.15, -0.1) is 0 Å². The molecule has 0 spiro atoms. The summed E-state index contributed by atoms with van der Waals surface area (Å²) in [6.07, 6.45) is -0.0262. The largest absolute Gasteiger partial charge is 0.495 e. The average Bonchev–Trinajstić information content (AvgIpc) is 3.18. The lowest BCUT2D eigenvalue weighted by atomic mass is 10.0. The van der Waals surface area contributed by atoms with Crippen LogP contribution < -0.4 is 24.8 Å². The molecule has 1 saturated heterocycles. The van der Waals surface area contributed by atoms with E-state index in [0.717, 1.165) is 4.31 Å². The number of sulfone groups is 1. The number of amides is 2.